The van der Waals surface area contributed by atoms with Crippen LogP contribution >= 0.6 is 11.6 Å². The SMILES string of the molecule is NC(=O)c1ccc(N2CCN(c3nc(-c4cccc(Cl)c4)no3)CC2)cc1. The van der Waals surface area contributed by atoms with E-state index in [0.29, 0.717) is 22.4 Å². The number of rotatable bonds is 4. The van der Waals surface area contributed by atoms with Gasteiger partial charge in [0.2, 0.25) is 11.7 Å². The Morgan fingerprint density at radius 2 is 1.74 bits per heavy atom. The zero-order chi connectivity index (χ0) is 18.8. The number of piperazine rings is 1. The fourth-order valence-electron chi connectivity index (χ4n) is 3.08. The molecule has 2 aromatic carbocycles. The lowest BCUT2D eigenvalue weighted by Gasteiger charge is -2.35. The van der Waals surface area contributed by atoms with Crippen LogP contribution in [-0.2, 0) is 0 Å². The van der Waals surface area contributed by atoms with Gasteiger partial charge in [0.05, 0.1) is 0 Å². The van der Waals surface area contributed by atoms with E-state index < -0.39 is 5.91 Å². The molecule has 2 heterocycles. The summed E-state index contributed by atoms with van der Waals surface area (Å²) in [6, 6.07) is 15.2. The van der Waals surface area contributed by atoms with E-state index in [1.807, 2.05) is 30.3 Å². The molecule has 1 amide bonds. The smallest absolute Gasteiger partial charge is 0.324 e. The number of hydrogen-bond donors (Lipinski definition) is 1. The molecule has 1 fully saturated rings. The minimum absolute atomic E-state index is 0.418. The van der Waals surface area contributed by atoms with Crippen molar-refractivity contribution in [1.29, 1.82) is 0 Å². The second kappa shape index (κ2) is 7.28. The van der Waals surface area contributed by atoms with Gasteiger partial charge in [-0.2, -0.15) is 4.98 Å². The summed E-state index contributed by atoms with van der Waals surface area (Å²) in [5.41, 5.74) is 7.68. The number of carbonyl (C=O) groups is 1. The molecule has 3 aromatic rings. The lowest BCUT2D eigenvalue weighted by Crippen LogP contribution is -2.46. The Morgan fingerprint density at radius 3 is 2.41 bits per heavy atom. The average Bonchev–Trinajstić information content (AvgIpc) is 3.18. The molecule has 1 aliphatic rings. The normalized spacial score (nSPS) is 14.4. The Balaban J connectivity index is 1.41. The molecule has 0 saturated carbocycles. The van der Waals surface area contributed by atoms with Gasteiger partial charge in [-0.1, -0.05) is 28.9 Å². The maximum absolute atomic E-state index is 11.2. The summed E-state index contributed by atoms with van der Waals surface area (Å²) in [7, 11) is 0. The molecule has 138 valence electrons. The zero-order valence-electron chi connectivity index (χ0n) is 14.5. The first-order valence-corrected chi connectivity index (χ1v) is 8.97. The number of nitrogens with zero attached hydrogens (tertiary/aromatic N) is 4. The number of benzene rings is 2. The molecule has 0 unspecified atom stereocenters. The summed E-state index contributed by atoms with van der Waals surface area (Å²) < 4.78 is 5.43. The highest BCUT2D eigenvalue weighted by molar-refractivity contribution is 6.30. The first-order valence-electron chi connectivity index (χ1n) is 8.59. The Labute approximate surface area is 161 Å². The third-order valence-corrected chi connectivity index (χ3v) is 4.80. The van der Waals surface area contributed by atoms with E-state index in [1.54, 1.807) is 18.2 Å². The predicted octanol–water partition coefficient (Wildman–Crippen LogP) is 2.82. The van der Waals surface area contributed by atoms with Crippen LogP contribution in [0.3, 0.4) is 0 Å². The second-order valence-corrected chi connectivity index (χ2v) is 6.73. The van der Waals surface area contributed by atoms with E-state index in [0.717, 1.165) is 37.4 Å². The highest BCUT2D eigenvalue weighted by atomic mass is 35.5. The van der Waals surface area contributed by atoms with Crippen LogP contribution < -0.4 is 15.5 Å². The molecule has 7 nitrogen and oxygen atoms in total. The van der Waals surface area contributed by atoms with Gasteiger partial charge in [-0.05, 0) is 36.4 Å². The summed E-state index contributed by atoms with van der Waals surface area (Å²) in [6.45, 7) is 3.14. The van der Waals surface area contributed by atoms with E-state index >= 15 is 0 Å². The van der Waals surface area contributed by atoms with Gasteiger partial charge in [0, 0.05) is 48.0 Å². The monoisotopic (exact) mass is 383 g/mol. The van der Waals surface area contributed by atoms with Crippen molar-refractivity contribution in [3.8, 4) is 11.4 Å². The van der Waals surface area contributed by atoms with Crippen molar-refractivity contribution in [2.24, 2.45) is 5.73 Å². The van der Waals surface area contributed by atoms with Crippen LogP contribution in [0.2, 0.25) is 5.02 Å². The van der Waals surface area contributed by atoms with Crippen LogP contribution in [0.1, 0.15) is 10.4 Å². The van der Waals surface area contributed by atoms with Crippen molar-refractivity contribution < 1.29 is 9.32 Å². The fourth-order valence-corrected chi connectivity index (χ4v) is 3.27. The van der Waals surface area contributed by atoms with Gasteiger partial charge >= 0.3 is 6.01 Å². The number of anilines is 2. The molecule has 0 atom stereocenters. The summed E-state index contributed by atoms with van der Waals surface area (Å²) in [4.78, 5) is 20.0. The molecule has 1 aliphatic heterocycles. The number of halogens is 1. The van der Waals surface area contributed by atoms with Gasteiger partial charge < -0.3 is 20.1 Å². The van der Waals surface area contributed by atoms with E-state index in [-0.39, 0.29) is 0 Å². The van der Waals surface area contributed by atoms with E-state index in [4.69, 9.17) is 21.9 Å². The predicted molar refractivity (Wildman–Crippen MR) is 104 cm³/mol. The molecule has 1 aromatic heterocycles. The Morgan fingerprint density at radius 1 is 1.04 bits per heavy atom. The van der Waals surface area contributed by atoms with Gasteiger partial charge in [-0.25, -0.2) is 0 Å². The number of carbonyl (C=O) groups excluding carboxylic acids is 1. The van der Waals surface area contributed by atoms with Gasteiger partial charge in [0.1, 0.15) is 0 Å². The lowest BCUT2D eigenvalue weighted by molar-refractivity contribution is 0.100. The molecule has 0 spiro atoms. The fraction of sp³-hybridized carbons (Fsp3) is 0.211. The Kier molecular flexibility index (Phi) is 4.68. The summed E-state index contributed by atoms with van der Waals surface area (Å²) >= 11 is 6.02. The standard InChI is InChI=1S/C19H18ClN5O2/c20-15-3-1-2-14(12-15)18-22-19(27-23-18)25-10-8-24(9-11-25)16-6-4-13(5-7-16)17(21)26/h1-7,12H,8-11H2,(H2,21,26). The van der Waals surface area contributed by atoms with Gasteiger partial charge in [-0.15, -0.1) is 0 Å². The second-order valence-electron chi connectivity index (χ2n) is 6.30. The van der Waals surface area contributed by atoms with Crippen LogP contribution in [0, 0.1) is 0 Å². The van der Waals surface area contributed by atoms with Crippen LogP contribution in [0.5, 0.6) is 0 Å². The molecule has 27 heavy (non-hydrogen) atoms. The first kappa shape index (κ1) is 17.4. The molecule has 8 heteroatoms. The first-order chi connectivity index (χ1) is 13.1. The van der Waals surface area contributed by atoms with Crippen LogP contribution in [-0.4, -0.2) is 42.2 Å². The summed E-state index contributed by atoms with van der Waals surface area (Å²) in [6.07, 6.45) is 0. The summed E-state index contributed by atoms with van der Waals surface area (Å²) in [5, 5.41) is 4.70. The zero-order valence-corrected chi connectivity index (χ0v) is 15.3. The molecule has 2 N–H and O–H groups in total. The lowest BCUT2D eigenvalue weighted by atomic mass is 10.1. The van der Waals surface area contributed by atoms with Crippen molar-refractivity contribution in [2.75, 3.05) is 36.0 Å². The molecule has 0 bridgehead atoms. The largest absolute Gasteiger partial charge is 0.368 e. The molecule has 1 saturated heterocycles. The van der Waals surface area contributed by atoms with Gasteiger partial charge in [0.15, 0.2) is 0 Å². The number of nitrogens with two attached hydrogens (primary N) is 1. The van der Waals surface area contributed by atoms with E-state index in [1.165, 1.54) is 0 Å². The van der Waals surface area contributed by atoms with Crippen molar-refractivity contribution in [1.82, 2.24) is 10.1 Å². The average molecular weight is 384 g/mol. The maximum atomic E-state index is 11.2. The third-order valence-electron chi connectivity index (χ3n) is 4.57. The van der Waals surface area contributed by atoms with Crippen molar-refractivity contribution in [2.45, 2.75) is 0 Å². The van der Waals surface area contributed by atoms with E-state index in [9.17, 15) is 4.79 Å². The minimum Gasteiger partial charge on any atom is -0.368 e. The number of aromatic nitrogens is 2. The molecule has 0 aliphatic carbocycles. The minimum atomic E-state index is -0.418. The van der Waals surface area contributed by atoms with Crippen LogP contribution in [0.15, 0.2) is 53.1 Å². The third kappa shape index (κ3) is 3.73. The number of primary amides is 1. The number of amides is 1. The topological polar surface area (TPSA) is 88.5 Å². The van der Waals surface area contributed by atoms with Gasteiger partial charge in [0.25, 0.3) is 0 Å². The summed E-state index contributed by atoms with van der Waals surface area (Å²) in [5.74, 6) is 0.107. The highest BCUT2D eigenvalue weighted by Gasteiger charge is 2.22. The Hall–Kier alpha value is -3.06. The van der Waals surface area contributed by atoms with Crippen molar-refractivity contribution in [3.05, 3.63) is 59.1 Å². The van der Waals surface area contributed by atoms with E-state index in [2.05, 4.69) is 19.9 Å². The quantitative estimate of drug-likeness (QED) is 0.745. The van der Waals surface area contributed by atoms with Crippen LogP contribution in [0.25, 0.3) is 11.4 Å². The maximum Gasteiger partial charge on any atom is 0.324 e. The molecule has 4 rings (SSSR count). The molecular formula is C19H18ClN5O2. The Bertz CT molecular complexity index is 949. The molecular weight excluding hydrogens is 366 g/mol. The highest BCUT2D eigenvalue weighted by Crippen LogP contribution is 2.24. The van der Waals surface area contributed by atoms with Crippen LogP contribution in [0.4, 0.5) is 11.7 Å². The van der Waals surface area contributed by atoms with Crippen molar-refractivity contribution >= 4 is 29.2 Å². The van der Waals surface area contributed by atoms with Gasteiger partial charge in [-0.3, -0.25) is 4.79 Å². The molecule has 0 radical (unpaired) electrons. The van der Waals surface area contributed by atoms with Crippen molar-refractivity contribution in [3.63, 3.8) is 0 Å². The number of hydrogen-bond acceptors (Lipinski definition) is 6.